The molecule has 1 saturated carbocycles. The fourth-order valence-electron chi connectivity index (χ4n) is 5.20. The lowest BCUT2D eigenvalue weighted by atomic mass is 10.0. The fraction of sp³-hybridized carbons (Fsp3) is 0.360. The molecule has 2 amide bonds. The highest BCUT2D eigenvalue weighted by atomic mass is 32.2. The molecular formula is C25H23N7O8S2. The Morgan fingerprint density at radius 2 is 2.12 bits per heavy atom. The van der Waals surface area contributed by atoms with E-state index in [1.807, 2.05) is 34.5 Å². The van der Waals surface area contributed by atoms with Crippen LogP contribution in [0.2, 0.25) is 0 Å². The summed E-state index contributed by atoms with van der Waals surface area (Å²) in [5.41, 5.74) is 3.58. The normalized spacial score (nSPS) is 21.7. The van der Waals surface area contributed by atoms with E-state index in [0.29, 0.717) is 18.4 Å². The highest BCUT2D eigenvalue weighted by Gasteiger charge is 2.54. The molecule has 4 N–H and O–H groups in total. The van der Waals surface area contributed by atoms with E-state index in [0.717, 1.165) is 15.0 Å². The topological polar surface area (TPSA) is 217 Å². The first kappa shape index (κ1) is 27.6. The van der Waals surface area contributed by atoms with Gasteiger partial charge in [0.05, 0.1) is 16.4 Å². The van der Waals surface area contributed by atoms with Gasteiger partial charge in [-0.05, 0) is 24.3 Å². The van der Waals surface area contributed by atoms with Crippen molar-refractivity contribution in [2.45, 2.75) is 49.2 Å². The number of hydrogen-bond acceptors (Lipinski definition) is 13. The van der Waals surface area contributed by atoms with Crippen molar-refractivity contribution in [1.82, 2.24) is 20.4 Å². The van der Waals surface area contributed by atoms with Crippen molar-refractivity contribution < 1.29 is 43.3 Å². The van der Waals surface area contributed by atoms with Gasteiger partial charge in [0.15, 0.2) is 18.9 Å². The largest absolute Gasteiger partial charge is 0.543 e. The molecule has 3 aromatic heterocycles. The van der Waals surface area contributed by atoms with Crippen LogP contribution in [0.15, 0.2) is 50.9 Å². The summed E-state index contributed by atoms with van der Waals surface area (Å²) < 4.78 is 7.61. The Morgan fingerprint density at radius 1 is 1.33 bits per heavy atom. The number of carboxylic acid groups (broad SMARTS) is 2. The van der Waals surface area contributed by atoms with E-state index < -0.39 is 46.5 Å². The molecule has 42 heavy (non-hydrogen) atoms. The van der Waals surface area contributed by atoms with E-state index in [4.69, 9.17) is 15.1 Å². The van der Waals surface area contributed by atoms with Crippen molar-refractivity contribution >= 4 is 68.7 Å². The lowest BCUT2D eigenvalue weighted by Crippen LogP contribution is -2.71. The van der Waals surface area contributed by atoms with E-state index in [-0.39, 0.29) is 42.7 Å². The molecule has 2 aliphatic heterocycles. The van der Waals surface area contributed by atoms with Gasteiger partial charge < -0.3 is 35.4 Å². The molecule has 0 radical (unpaired) electrons. The summed E-state index contributed by atoms with van der Waals surface area (Å²) in [6.07, 6.45) is 5.31. The number of hydrogen-bond donors (Lipinski definition) is 3. The van der Waals surface area contributed by atoms with Crippen LogP contribution in [0, 0.1) is 0 Å². The number of nitrogens with zero attached hydrogens (tertiary/aromatic N) is 5. The first-order valence-electron chi connectivity index (χ1n) is 12.8. The maximum atomic E-state index is 13.3. The average Bonchev–Trinajstić information content (AvgIpc) is 3.73. The Labute approximate surface area is 245 Å². The first-order chi connectivity index (χ1) is 20.2. The first-order valence-corrected chi connectivity index (χ1v) is 14.7. The van der Waals surface area contributed by atoms with Gasteiger partial charge in [0, 0.05) is 35.6 Å². The summed E-state index contributed by atoms with van der Waals surface area (Å²) in [6.45, 7) is 0.233. The Hall–Kier alpha value is -4.51. The Morgan fingerprint density at radius 3 is 2.81 bits per heavy atom. The molecule has 1 unspecified atom stereocenters. The average molecular weight is 614 g/mol. The van der Waals surface area contributed by atoms with E-state index in [1.54, 1.807) is 11.3 Å². The van der Waals surface area contributed by atoms with Gasteiger partial charge in [0.2, 0.25) is 17.1 Å². The number of β-lactam (4-membered cyclic amide) rings is 1. The minimum Gasteiger partial charge on any atom is -0.543 e. The number of carbonyl (C=O) groups is 4. The van der Waals surface area contributed by atoms with Gasteiger partial charge in [0.25, 0.3) is 11.8 Å². The quantitative estimate of drug-likeness (QED) is 0.119. The summed E-state index contributed by atoms with van der Waals surface area (Å²) in [5.74, 6) is -4.46. The monoisotopic (exact) mass is 613 g/mol. The molecule has 2 fully saturated rings. The highest BCUT2D eigenvalue weighted by Crippen LogP contribution is 2.40. The smallest absolute Gasteiger partial charge is 0.350 e. The fourth-order valence-corrected chi connectivity index (χ4v) is 7.37. The number of fused-ring (bicyclic) bond motifs is 2. The van der Waals surface area contributed by atoms with Crippen molar-refractivity contribution in [1.29, 1.82) is 0 Å². The van der Waals surface area contributed by atoms with Crippen LogP contribution in [-0.2, 0) is 30.6 Å². The van der Waals surface area contributed by atoms with Crippen LogP contribution in [0.1, 0.15) is 31.5 Å². The number of anilines is 1. The van der Waals surface area contributed by atoms with Gasteiger partial charge in [-0.1, -0.05) is 10.3 Å². The molecule has 1 aliphatic carbocycles. The summed E-state index contributed by atoms with van der Waals surface area (Å²) in [6, 6.07) is 2.41. The van der Waals surface area contributed by atoms with Crippen molar-refractivity contribution in [2.75, 3.05) is 11.5 Å². The van der Waals surface area contributed by atoms with Gasteiger partial charge in [-0.25, -0.2) is 4.79 Å². The van der Waals surface area contributed by atoms with Crippen LogP contribution in [0.5, 0.6) is 0 Å². The van der Waals surface area contributed by atoms with E-state index >= 15 is 0 Å². The maximum absolute atomic E-state index is 13.3. The highest BCUT2D eigenvalue weighted by molar-refractivity contribution is 8.00. The predicted octanol–water partition coefficient (Wildman–Crippen LogP) is -0.624. The molecule has 3 aliphatic rings. The number of thiophene rings is 1. The minimum absolute atomic E-state index is 0.185. The van der Waals surface area contributed by atoms with Gasteiger partial charge >= 0.3 is 12.0 Å². The molecule has 5 heterocycles. The molecule has 2 atom stereocenters. The molecule has 0 aromatic carbocycles. The molecule has 6 rings (SSSR count). The SMILES string of the molecule is Nc1nc(C(=NOC2(C(=O)O)CCCC2)C(=O)NC2C(=O)N3C(C(=O)[O-])=C(C[n+]4ccc5ccsc5c4)CS[C@@H]23)no1. The summed E-state index contributed by atoms with van der Waals surface area (Å²) >= 11 is 2.84. The molecule has 3 aromatic rings. The van der Waals surface area contributed by atoms with Crippen LogP contribution in [0.3, 0.4) is 0 Å². The third-order valence-electron chi connectivity index (χ3n) is 7.34. The zero-order chi connectivity index (χ0) is 29.6. The number of carboxylic acids is 2. The van der Waals surface area contributed by atoms with Crippen LogP contribution < -0.4 is 20.7 Å². The van der Waals surface area contributed by atoms with Gasteiger partial charge in [-0.3, -0.25) is 14.5 Å². The van der Waals surface area contributed by atoms with Crippen LogP contribution in [0.4, 0.5) is 6.01 Å². The number of aliphatic carboxylic acids is 2. The second-order valence-electron chi connectivity index (χ2n) is 9.95. The number of rotatable bonds is 9. The maximum Gasteiger partial charge on any atom is 0.350 e. The summed E-state index contributed by atoms with van der Waals surface area (Å²) in [7, 11) is 0. The van der Waals surface area contributed by atoms with E-state index in [9.17, 15) is 29.4 Å². The summed E-state index contributed by atoms with van der Waals surface area (Å²) in [4.78, 5) is 60.8. The third-order valence-corrected chi connectivity index (χ3v) is 9.54. The lowest BCUT2D eigenvalue weighted by molar-refractivity contribution is -0.687. The van der Waals surface area contributed by atoms with Crippen LogP contribution in [0.25, 0.3) is 10.1 Å². The second kappa shape index (κ2) is 10.7. The number of oxime groups is 1. The van der Waals surface area contributed by atoms with E-state index in [2.05, 4.69) is 20.6 Å². The van der Waals surface area contributed by atoms with Crippen molar-refractivity contribution in [3.63, 3.8) is 0 Å². The molecule has 0 spiro atoms. The number of amides is 2. The Kier molecular flexibility index (Phi) is 7.05. The van der Waals surface area contributed by atoms with Crippen molar-refractivity contribution in [2.24, 2.45) is 5.16 Å². The minimum atomic E-state index is -1.63. The molecule has 15 nitrogen and oxygen atoms in total. The number of pyridine rings is 1. The zero-order valence-corrected chi connectivity index (χ0v) is 23.4. The van der Waals surface area contributed by atoms with Gasteiger partial charge in [0.1, 0.15) is 11.4 Å². The lowest BCUT2D eigenvalue weighted by Gasteiger charge is -2.50. The molecular weight excluding hydrogens is 590 g/mol. The molecule has 1 saturated heterocycles. The van der Waals surface area contributed by atoms with Gasteiger partial charge in [-0.15, -0.1) is 23.1 Å². The number of aromatic nitrogens is 3. The third kappa shape index (κ3) is 4.83. The number of thioether (sulfide) groups is 1. The molecule has 0 bridgehead atoms. The number of nitrogens with one attached hydrogen (secondary N) is 1. The van der Waals surface area contributed by atoms with Crippen LogP contribution >= 0.6 is 23.1 Å². The number of nitrogens with two attached hydrogens (primary N) is 1. The van der Waals surface area contributed by atoms with Crippen molar-refractivity contribution in [3.8, 4) is 0 Å². The van der Waals surface area contributed by atoms with Crippen LogP contribution in [-0.4, -0.2) is 72.4 Å². The van der Waals surface area contributed by atoms with E-state index in [1.165, 1.54) is 11.8 Å². The second-order valence-corrected chi connectivity index (χ2v) is 12.0. The number of carbonyl (C=O) groups excluding carboxylic acids is 3. The standard InChI is InChI=1S/C25H23N7O8S2/c26-24-28-18(30-39-24)15(29-40-25(23(37)38)5-1-2-6-25)19(33)27-16-20(34)32-17(22(35)36)13(11-42-21(16)32)9-31-7-3-12-4-8-41-14(12)10-31/h3-4,7-8,10,16,21H,1-2,5-6,9,11H2,(H4-,26,27,28,30,33,35,36,37,38)/t16?,21-/m0/s1. The Bertz CT molecular complexity index is 1680. The van der Waals surface area contributed by atoms with Gasteiger partial charge in [-0.2, -0.15) is 9.55 Å². The zero-order valence-electron chi connectivity index (χ0n) is 21.7. The van der Waals surface area contributed by atoms with Crippen molar-refractivity contribution in [3.05, 3.63) is 47.0 Å². The predicted molar refractivity (Wildman–Crippen MR) is 144 cm³/mol. The molecule has 17 heteroatoms. The number of nitrogen functional groups attached to an aromatic ring is 1. The summed E-state index contributed by atoms with van der Waals surface area (Å²) in [5, 5.41) is 34.1. The molecule has 218 valence electrons. The Balaban J connectivity index is 1.22.